The van der Waals surface area contributed by atoms with E-state index in [4.69, 9.17) is 15.3 Å². The summed E-state index contributed by atoms with van der Waals surface area (Å²) in [5.74, 6) is -1.79. The smallest absolute Gasteiger partial charge is 0.547 e. The van der Waals surface area contributed by atoms with Crippen LogP contribution < -0.4 is 56.5 Å². The van der Waals surface area contributed by atoms with Crippen LogP contribution >= 0.6 is 0 Å². The molecular formula is C4H7KO5. The molecule has 5 nitrogen and oxygen atoms in total. The van der Waals surface area contributed by atoms with Crippen LogP contribution in [0.4, 0.5) is 0 Å². The zero-order chi connectivity index (χ0) is 7.44. The van der Waals surface area contributed by atoms with E-state index < -0.39 is 24.8 Å². The summed E-state index contributed by atoms with van der Waals surface area (Å²) in [6, 6.07) is 0. The van der Waals surface area contributed by atoms with Crippen molar-refractivity contribution in [2.75, 3.05) is 6.61 Å². The van der Waals surface area contributed by atoms with Crippen LogP contribution in [-0.2, 0) is 4.79 Å². The van der Waals surface area contributed by atoms with Crippen molar-refractivity contribution in [3.05, 3.63) is 0 Å². The fraction of sp³-hybridized carbons (Fsp3) is 0.750. The van der Waals surface area contributed by atoms with Crippen molar-refractivity contribution >= 4 is 5.97 Å². The minimum Gasteiger partial charge on any atom is -0.547 e. The second-order valence-electron chi connectivity index (χ2n) is 1.51. The molecule has 0 bridgehead atoms. The van der Waals surface area contributed by atoms with Crippen molar-refractivity contribution in [2.24, 2.45) is 0 Å². The van der Waals surface area contributed by atoms with Gasteiger partial charge < -0.3 is 25.2 Å². The number of carboxylic acids is 1. The van der Waals surface area contributed by atoms with E-state index in [2.05, 4.69) is 0 Å². The third-order valence-corrected chi connectivity index (χ3v) is 0.793. The molecule has 0 aliphatic rings. The Balaban J connectivity index is 0. The molecule has 6 heteroatoms. The van der Waals surface area contributed by atoms with E-state index in [-0.39, 0.29) is 51.4 Å². The molecule has 3 N–H and O–H groups in total. The maximum atomic E-state index is 9.67. The minimum atomic E-state index is -2.00. The SMILES string of the molecule is O=C([O-])[C@@H](O)[C@@H](O)CO.[K+]. The Bertz CT molecular complexity index is 106. The molecule has 0 aliphatic heterocycles. The number of aliphatic hydroxyl groups is 3. The summed E-state index contributed by atoms with van der Waals surface area (Å²) >= 11 is 0. The van der Waals surface area contributed by atoms with Gasteiger partial charge in [0.25, 0.3) is 0 Å². The summed E-state index contributed by atoms with van der Waals surface area (Å²) in [6.45, 7) is -0.796. The number of hydrogen-bond acceptors (Lipinski definition) is 5. The molecule has 0 unspecified atom stereocenters. The summed E-state index contributed by atoms with van der Waals surface area (Å²) in [5, 5.41) is 34.4. The zero-order valence-electron chi connectivity index (χ0n) is 5.52. The molecule has 0 spiro atoms. The average Bonchev–Trinajstić information content (AvgIpc) is 1.84. The maximum absolute atomic E-state index is 9.67. The first-order valence-electron chi connectivity index (χ1n) is 2.27. The van der Waals surface area contributed by atoms with Crippen LogP contribution in [0.1, 0.15) is 0 Å². The standard InChI is InChI=1S/C4H8O5.K/c5-1-2(6)3(7)4(8)9;/h2-3,5-7H,1H2,(H,8,9);/q;+1/p-1/t2-,3-;/m0./s1. The van der Waals surface area contributed by atoms with Gasteiger partial charge in [-0.2, -0.15) is 0 Å². The zero-order valence-corrected chi connectivity index (χ0v) is 8.64. The number of rotatable bonds is 3. The summed E-state index contributed by atoms with van der Waals surface area (Å²) in [7, 11) is 0. The Hall–Kier alpha value is 0.986. The first kappa shape index (κ1) is 13.6. The molecule has 10 heavy (non-hydrogen) atoms. The van der Waals surface area contributed by atoms with Crippen LogP contribution in [0.5, 0.6) is 0 Å². The number of carbonyl (C=O) groups excluding carboxylic acids is 1. The van der Waals surface area contributed by atoms with Crippen molar-refractivity contribution in [1.29, 1.82) is 0 Å². The molecule has 0 rings (SSSR count). The van der Waals surface area contributed by atoms with E-state index in [1.807, 2.05) is 0 Å². The van der Waals surface area contributed by atoms with Gasteiger partial charge in [-0.05, 0) is 0 Å². The normalized spacial score (nSPS) is 15.1. The summed E-state index contributed by atoms with van der Waals surface area (Å²) in [5.41, 5.74) is 0. The molecule has 0 aromatic carbocycles. The van der Waals surface area contributed by atoms with Gasteiger partial charge in [0.05, 0.1) is 12.6 Å². The van der Waals surface area contributed by atoms with Crippen molar-refractivity contribution in [2.45, 2.75) is 12.2 Å². The predicted octanol–water partition coefficient (Wildman–Crippen LogP) is -6.55. The summed E-state index contributed by atoms with van der Waals surface area (Å²) < 4.78 is 0. The first-order chi connectivity index (χ1) is 4.09. The van der Waals surface area contributed by atoms with Crippen molar-refractivity contribution in [1.82, 2.24) is 0 Å². The number of hydrogen-bond donors (Lipinski definition) is 3. The second-order valence-corrected chi connectivity index (χ2v) is 1.51. The van der Waals surface area contributed by atoms with Gasteiger partial charge in [-0.3, -0.25) is 0 Å². The quantitative estimate of drug-likeness (QED) is 0.369. The van der Waals surface area contributed by atoms with E-state index in [9.17, 15) is 9.90 Å². The Morgan fingerprint density at radius 1 is 1.50 bits per heavy atom. The Morgan fingerprint density at radius 3 is 2.00 bits per heavy atom. The average molecular weight is 174 g/mol. The number of carboxylic acid groups (broad SMARTS) is 1. The van der Waals surface area contributed by atoms with E-state index in [0.717, 1.165) is 0 Å². The van der Waals surface area contributed by atoms with E-state index in [0.29, 0.717) is 0 Å². The van der Waals surface area contributed by atoms with E-state index >= 15 is 0 Å². The van der Waals surface area contributed by atoms with Gasteiger partial charge in [0.1, 0.15) is 12.2 Å². The summed E-state index contributed by atoms with van der Waals surface area (Å²) in [6.07, 6.45) is -3.66. The molecule has 0 saturated heterocycles. The van der Waals surface area contributed by atoms with Crippen LogP contribution in [0.25, 0.3) is 0 Å². The van der Waals surface area contributed by atoms with Gasteiger partial charge >= 0.3 is 51.4 Å². The van der Waals surface area contributed by atoms with Crippen LogP contribution in [0, 0.1) is 0 Å². The van der Waals surface area contributed by atoms with Gasteiger partial charge in [-0.1, -0.05) is 0 Å². The van der Waals surface area contributed by atoms with Gasteiger partial charge in [0.2, 0.25) is 0 Å². The second kappa shape index (κ2) is 6.68. The maximum Gasteiger partial charge on any atom is 1.00 e. The van der Waals surface area contributed by atoms with Gasteiger partial charge in [0, 0.05) is 0 Å². The fourth-order valence-corrected chi connectivity index (χ4v) is 0.257. The molecule has 0 fully saturated rings. The largest absolute Gasteiger partial charge is 1.00 e. The van der Waals surface area contributed by atoms with Crippen molar-refractivity contribution < 1.29 is 76.6 Å². The molecule has 54 valence electrons. The number of aliphatic carboxylic acids is 1. The van der Waals surface area contributed by atoms with Gasteiger partial charge in [-0.15, -0.1) is 0 Å². The molecule has 0 aromatic rings. The van der Waals surface area contributed by atoms with Crippen LogP contribution in [-0.4, -0.2) is 40.1 Å². The fourth-order valence-electron chi connectivity index (χ4n) is 0.257. The van der Waals surface area contributed by atoms with Crippen molar-refractivity contribution in [3.63, 3.8) is 0 Å². The number of aliphatic hydroxyl groups excluding tert-OH is 3. The molecule has 0 saturated carbocycles. The predicted molar refractivity (Wildman–Crippen MR) is 24.1 cm³/mol. The van der Waals surface area contributed by atoms with E-state index in [1.165, 1.54) is 0 Å². The molecule has 2 atom stereocenters. The molecule has 0 aromatic heterocycles. The molecule has 0 radical (unpaired) electrons. The monoisotopic (exact) mass is 174 g/mol. The van der Waals surface area contributed by atoms with Gasteiger partial charge in [-0.25, -0.2) is 0 Å². The topological polar surface area (TPSA) is 101 Å². The third kappa shape index (κ3) is 4.75. The first-order valence-corrected chi connectivity index (χ1v) is 2.27. The Labute approximate surface area is 100 Å². The molecular weight excluding hydrogens is 167 g/mol. The molecule has 0 amide bonds. The van der Waals surface area contributed by atoms with Gasteiger partial charge in [0.15, 0.2) is 0 Å². The Kier molecular flexibility index (Phi) is 9.07. The van der Waals surface area contributed by atoms with Crippen molar-refractivity contribution in [3.8, 4) is 0 Å². The molecule has 0 heterocycles. The Morgan fingerprint density at radius 2 is 1.90 bits per heavy atom. The van der Waals surface area contributed by atoms with Crippen LogP contribution in [0.3, 0.4) is 0 Å². The molecule has 0 aliphatic carbocycles. The number of carbonyl (C=O) groups is 1. The minimum absolute atomic E-state index is 0. The third-order valence-electron chi connectivity index (χ3n) is 0.793. The van der Waals surface area contributed by atoms with Crippen LogP contribution in [0.15, 0.2) is 0 Å². The summed E-state index contributed by atoms with van der Waals surface area (Å²) in [4.78, 5) is 9.67. The van der Waals surface area contributed by atoms with Crippen LogP contribution in [0.2, 0.25) is 0 Å². The van der Waals surface area contributed by atoms with E-state index in [1.54, 1.807) is 0 Å².